The molecule has 2 unspecified atom stereocenters. The Bertz CT molecular complexity index is 224. The molecule has 1 amide bonds. The van der Waals surface area contributed by atoms with Crippen LogP contribution >= 0.6 is 12.4 Å². The predicted octanol–water partition coefficient (Wildman–Crippen LogP) is 2.88. The Hall–Kier alpha value is -0.280. The minimum Gasteiger partial charge on any atom is -0.353 e. The van der Waals surface area contributed by atoms with E-state index in [0.29, 0.717) is 12.5 Å². The van der Waals surface area contributed by atoms with Gasteiger partial charge in [-0.2, -0.15) is 0 Å². The number of halogens is 1. The molecule has 0 bridgehead atoms. The lowest BCUT2D eigenvalue weighted by Crippen LogP contribution is -2.37. The summed E-state index contributed by atoms with van der Waals surface area (Å²) in [4.78, 5) is 11.8. The second-order valence-corrected chi connectivity index (χ2v) is 5.21. The van der Waals surface area contributed by atoms with Gasteiger partial charge in [-0.3, -0.25) is 4.79 Å². The van der Waals surface area contributed by atoms with E-state index in [9.17, 15) is 4.79 Å². The minimum atomic E-state index is 0. The van der Waals surface area contributed by atoms with E-state index in [-0.39, 0.29) is 18.3 Å². The summed E-state index contributed by atoms with van der Waals surface area (Å²) < 4.78 is 0. The Morgan fingerprint density at radius 1 is 1.28 bits per heavy atom. The van der Waals surface area contributed by atoms with Gasteiger partial charge in [0.25, 0.3) is 0 Å². The minimum absolute atomic E-state index is 0. The molecule has 2 N–H and O–H groups in total. The Morgan fingerprint density at radius 2 is 2.06 bits per heavy atom. The molecule has 1 rings (SSSR count). The van der Waals surface area contributed by atoms with Crippen LogP contribution in [-0.2, 0) is 4.79 Å². The molecule has 4 heteroatoms. The van der Waals surface area contributed by atoms with E-state index in [4.69, 9.17) is 0 Å². The zero-order valence-electron chi connectivity index (χ0n) is 11.8. The highest BCUT2D eigenvalue weighted by molar-refractivity contribution is 5.85. The predicted molar refractivity (Wildman–Crippen MR) is 79.2 cm³/mol. The van der Waals surface area contributed by atoms with E-state index in [0.717, 1.165) is 18.9 Å². The monoisotopic (exact) mass is 276 g/mol. The molecule has 1 saturated carbocycles. The first-order valence-electron chi connectivity index (χ1n) is 7.22. The Balaban J connectivity index is 0.00000289. The Morgan fingerprint density at radius 3 is 2.72 bits per heavy atom. The number of carbonyl (C=O) groups is 1. The summed E-state index contributed by atoms with van der Waals surface area (Å²) in [6.07, 6.45) is 9.24. The molecule has 0 spiro atoms. The molecule has 0 aliphatic heterocycles. The summed E-state index contributed by atoms with van der Waals surface area (Å²) in [5.41, 5.74) is 0. The standard InChI is InChI=1S/C14H28N2O.ClH/c1-3-4-7-12-8-5-9-13(12)16-14(17)10-6-11-15-2;/h12-13,15H,3-11H2,1-2H3,(H,16,17);1H. The third-order valence-electron chi connectivity index (χ3n) is 3.76. The average molecular weight is 277 g/mol. The highest BCUT2D eigenvalue weighted by Crippen LogP contribution is 2.29. The van der Waals surface area contributed by atoms with Crippen LogP contribution < -0.4 is 10.6 Å². The quantitative estimate of drug-likeness (QED) is 0.670. The summed E-state index contributed by atoms with van der Waals surface area (Å²) in [5.74, 6) is 0.983. The highest BCUT2D eigenvalue weighted by Gasteiger charge is 2.27. The van der Waals surface area contributed by atoms with E-state index in [1.807, 2.05) is 7.05 Å². The number of nitrogens with one attached hydrogen (secondary N) is 2. The topological polar surface area (TPSA) is 41.1 Å². The number of carbonyl (C=O) groups excluding carboxylic acids is 1. The van der Waals surface area contributed by atoms with Crippen molar-refractivity contribution in [2.45, 2.75) is 64.3 Å². The van der Waals surface area contributed by atoms with Gasteiger partial charge in [0.15, 0.2) is 0 Å². The van der Waals surface area contributed by atoms with Gasteiger partial charge >= 0.3 is 0 Å². The summed E-state index contributed by atoms with van der Waals surface area (Å²) in [6, 6.07) is 0.462. The van der Waals surface area contributed by atoms with Gasteiger partial charge in [-0.25, -0.2) is 0 Å². The molecule has 18 heavy (non-hydrogen) atoms. The smallest absolute Gasteiger partial charge is 0.220 e. The van der Waals surface area contributed by atoms with Crippen molar-refractivity contribution in [3.05, 3.63) is 0 Å². The van der Waals surface area contributed by atoms with Crippen molar-refractivity contribution in [2.24, 2.45) is 5.92 Å². The molecule has 1 aliphatic carbocycles. The Kier molecular flexibility index (Phi) is 10.5. The number of amides is 1. The van der Waals surface area contributed by atoms with Crippen LogP contribution in [0.15, 0.2) is 0 Å². The molecule has 0 heterocycles. The van der Waals surface area contributed by atoms with Gasteiger partial charge in [-0.15, -0.1) is 12.4 Å². The molecule has 2 atom stereocenters. The van der Waals surface area contributed by atoms with Gasteiger partial charge in [-0.1, -0.05) is 26.2 Å². The lowest BCUT2D eigenvalue weighted by atomic mass is 9.96. The van der Waals surface area contributed by atoms with Crippen molar-refractivity contribution >= 4 is 18.3 Å². The van der Waals surface area contributed by atoms with Crippen LogP contribution in [0.5, 0.6) is 0 Å². The zero-order valence-corrected chi connectivity index (χ0v) is 12.7. The fourth-order valence-electron chi connectivity index (χ4n) is 2.74. The second kappa shape index (κ2) is 10.6. The van der Waals surface area contributed by atoms with Gasteiger partial charge in [0.1, 0.15) is 0 Å². The third-order valence-corrected chi connectivity index (χ3v) is 3.76. The van der Waals surface area contributed by atoms with E-state index >= 15 is 0 Å². The summed E-state index contributed by atoms with van der Waals surface area (Å²) in [7, 11) is 1.93. The summed E-state index contributed by atoms with van der Waals surface area (Å²) in [6.45, 7) is 3.16. The van der Waals surface area contributed by atoms with Crippen LogP contribution in [0, 0.1) is 5.92 Å². The van der Waals surface area contributed by atoms with Gasteiger partial charge in [-0.05, 0) is 45.2 Å². The number of hydrogen-bond donors (Lipinski definition) is 2. The first kappa shape index (κ1) is 17.7. The first-order chi connectivity index (χ1) is 8.27. The molecule has 3 nitrogen and oxygen atoms in total. The molecule has 0 aromatic carbocycles. The summed E-state index contributed by atoms with van der Waals surface area (Å²) in [5, 5.41) is 6.30. The van der Waals surface area contributed by atoms with E-state index in [1.165, 1.54) is 38.5 Å². The number of hydrogen-bond acceptors (Lipinski definition) is 2. The number of rotatable bonds is 8. The maximum absolute atomic E-state index is 11.8. The van der Waals surface area contributed by atoms with Crippen molar-refractivity contribution in [1.29, 1.82) is 0 Å². The van der Waals surface area contributed by atoms with Gasteiger partial charge in [0.2, 0.25) is 5.91 Å². The van der Waals surface area contributed by atoms with Crippen molar-refractivity contribution in [2.75, 3.05) is 13.6 Å². The fraction of sp³-hybridized carbons (Fsp3) is 0.929. The lowest BCUT2D eigenvalue weighted by molar-refractivity contribution is -0.122. The molecular formula is C14H29ClN2O. The SMILES string of the molecule is CCCCC1CCCC1NC(=O)CCCNC.Cl. The van der Waals surface area contributed by atoms with Crippen LogP contribution in [0.4, 0.5) is 0 Å². The van der Waals surface area contributed by atoms with Crippen LogP contribution in [0.3, 0.4) is 0 Å². The van der Waals surface area contributed by atoms with Crippen molar-refractivity contribution in [1.82, 2.24) is 10.6 Å². The van der Waals surface area contributed by atoms with Crippen LogP contribution in [0.1, 0.15) is 58.3 Å². The molecular weight excluding hydrogens is 248 g/mol. The van der Waals surface area contributed by atoms with Crippen LogP contribution in [0.25, 0.3) is 0 Å². The largest absolute Gasteiger partial charge is 0.353 e. The normalized spacial score (nSPS) is 22.6. The first-order valence-corrected chi connectivity index (χ1v) is 7.22. The Labute approximate surface area is 118 Å². The maximum Gasteiger partial charge on any atom is 0.220 e. The lowest BCUT2D eigenvalue weighted by Gasteiger charge is -2.20. The fourth-order valence-corrected chi connectivity index (χ4v) is 2.74. The van der Waals surface area contributed by atoms with Crippen LogP contribution in [0.2, 0.25) is 0 Å². The molecule has 0 saturated heterocycles. The van der Waals surface area contributed by atoms with Gasteiger partial charge in [0.05, 0.1) is 0 Å². The summed E-state index contributed by atoms with van der Waals surface area (Å²) >= 11 is 0. The molecule has 0 aromatic heterocycles. The molecule has 108 valence electrons. The van der Waals surface area contributed by atoms with Crippen molar-refractivity contribution in [3.8, 4) is 0 Å². The highest BCUT2D eigenvalue weighted by atomic mass is 35.5. The third kappa shape index (κ3) is 6.60. The van der Waals surface area contributed by atoms with Gasteiger partial charge in [0, 0.05) is 12.5 Å². The zero-order chi connectivity index (χ0) is 12.5. The van der Waals surface area contributed by atoms with Crippen molar-refractivity contribution in [3.63, 3.8) is 0 Å². The average Bonchev–Trinajstić information content (AvgIpc) is 2.74. The molecule has 1 fully saturated rings. The van der Waals surface area contributed by atoms with E-state index < -0.39 is 0 Å². The second-order valence-electron chi connectivity index (χ2n) is 5.21. The molecule has 0 radical (unpaired) electrons. The van der Waals surface area contributed by atoms with Crippen LogP contribution in [-0.4, -0.2) is 25.5 Å². The van der Waals surface area contributed by atoms with E-state index in [2.05, 4.69) is 17.6 Å². The maximum atomic E-state index is 11.8. The molecule has 1 aliphatic rings. The van der Waals surface area contributed by atoms with Crippen molar-refractivity contribution < 1.29 is 4.79 Å². The number of unbranched alkanes of at least 4 members (excludes halogenated alkanes) is 1. The van der Waals surface area contributed by atoms with E-state index in [1.54, 1.807) is 0 Å². The molecule has 0 aromatic rings. The van der Waals surface area contributed by atoms with Gasteiger partial charge < -0.3 is 10.6 Å².